The Hall–Kier alpha value is -1.22. The van der Waals surface area contributed by atoms with Crippen molar-refractivity contribution in [2.24, 2.45) is 5.92 Å². The van der Waals surface area contributed by atoms with Gasteiger partial charge in [0.15, 0.2) is 0 Å². The van der Waals surface area contributed by atoms with E-state index in [1.54, 1.807) is 0 Å². The predicted molar refractivity (Wildman–Crippen MR) is 131 cm³/mol. The van der Waals surface area contributed by atoms with Crippen molar-refractivity contribution < 1.29 is 23.8 Å². The Bertz CT molecular complexity index is 672. The van der Waals surface area contributed by atoms with E-state index in [4.69, 9.17) is 14.2 Å². The standard InChI is InChI=1S/C26H47N3O5/c1-7-32-23(30)20-10-12-22(13-11-20)33-26(28-16-8-9-17-28,24(31)34-25(2,3)4)29-18-14-21(15-19-29)27(5)6/h20-22H,7-19H2,1-6H3/t20-,22-,26?. The van der Waals surface area contributed by atoms with Crippen LogP contribution in [-0.2, 0) is 23.8 Å². The van der Waals surface area contributed by atoms with E-state index in [2.05, 4.69) is 28.8 Å². The van der Waals surface area contributed by atoms with Crippen LogP contribution in [0.2, 0.25) is 0 Å². The Balaban J connectivity index is 1.84. The zero-order valence-corrected chi connectivity index (χ0v) is 22.3. The van der Waals surface area contributed by atoms with E-state index in [1.165, 1.54) is 0 Å². The van der Waals surface area contributed by atoms with Gasteiger partial charge in [0.25, 0.3) is 5.85 Å². The number of rotatable bonds is 8. The Morgan fingerprint density at radius 2 is 1.44 bits per heavy atom. The van der Waals surface area contributed by atoms with Gasteiger partial charge in [-0.1, -0.05) is 0 Å². The van der Waals surface area contributed by atoms with Crippen molar-refractivity contribution in [2.75, 3.05) is 46.9 Å². The number of hydrogen-bond acceptors (Lipinski definition) is 8. The van der Waals surface area contributed by atoms with Gasteiger partial charge in [0, 0.05) is 32.2 Å². The molecular weight excluding hydrogens is 434 g/mol. The van der Waals surface area contributed by atoms with E-state index >= 15 is 0 Å². The van der Waals surface area contributed by atoms with Crippen LogP contribution in [0.4, 0.5) is 0 Å². The molecule has 0 N–H and O–H groups in total. The SMILES string of the molecule is CCOC(=O)[C@H]1CC[C@H](OC(C(=O)OC(C)(C)C)(N2CCCC2)N2CCC(N(C)C)CC2)CC1. The first kappa shape index (κ1) is 27.4. The van der Waals surface area contributed by atoms with Gasteiger partial charge < -0.3 is 19.1 Å². The fourth-order valence-electron chi connectivity index (χ4n) is 5.61. The third-order valence-electron chi connectivity index (χ3n) is 7.45. The smallest absolute Gasteiger partial charge is 0.371 e. The number of nitrogens with zero attached hydrogens (tertiary/aromatic N) is 3. The van der Waals surface area contributed by atoms with Crippen molar-refractivity contribution >= 4 is 11.9 Å². The number of carbonyl (C=O) groups excluding carboxylic acids is 2. The van der Waals surface area contributed by atoms with Crippen LogP contribution in [0.5, 0.6) is 0 Å². The Labute approximate surface area is 206 Å². The number of likely N-dealkylation sites (tertiary alicyclic amines) is 2. The molecule has 3 fully saturated rings. The Morgan fingerprint density at radius 1 is 0.882 bits per heavy atom. The molecule has 2 heterocycles. The van der Waals surface area contributed by atoms with Crippen LogP contribution >= 0.6 is 0 Å². The largest absolute Gasteiger partial charge is 0.466 e. The van der Waals surface area contributed by atoms with Gasteiger partial charge in [0.2, 0.25) is 0 Å². The molecule has 0 bridgehead atoms. The molecule has 0 aromatic rings. The monoisotopic (exact) mass is 481 g/mol. The van der Waals surface area contributed by atoms with Crippen molar-refractivity contribution in [3.63, 3.8) is 0 Å². The second-order valence-electron chi connectivity index (χ2n) is 11.3. The maximum Gasteiger partial charge on any atom is 0.371 e. The molecule has 0 radical (unpaired) electrons. The van der Waals surface area contributed by atoms with Gasteiger partial charge in [-0.25, -0.2) is 4.79 Å². The summed E-state index contributed by atoms with van der Waals surface area (Å²) >= 11 is 0. The molecule has 0 amide bonds. The molecule has 2 saturated heterocycles. The van der Waals surface area contributed by atoms with E-state index in [0.717, 1.165) is 77.5 Å². The van der Waals surface area contributed by atoms with Crippen LogP contribution < -0.4 is 0 Å². The quantitative estimate of drug-likeness (QED) is 0.490. The van der Waals surface area contributed by atoms with Crippen LogP contribution in [0.25, 0.3) is 0 Å². The van der Waals surface area contributed by atoms with Gasteiger partial charge in [-0.05, 0) is 93.2 Å². The van der Waals surface area contributed by atoms with Crippen LogP contribution in [-0.4, -0.2) is 97.1 Å². The summed E-state index contributed by atoms with van der Waals surface area (Å²) in [5.74, 6) is -1.68. The van der Waals surface area contributed by atoms with E-state index in [0.29, 0.717) is 12.6 Å². The molecule has 3 aliphatic rings. The first-order chi connectivity index (χ1) is 16.1. The summed E-state index contributed by atoms with van der Waals surface area (Å²) in [6.45, 7) is 11.2. The van der Waals surface area contributed by atoms with Gasteiger partial charge in [-0.2, -0.15) is 0 Å². The highest BCUT2D eigenvalue weighted by molar-refractivity contribution is 5.79. The van der Waals surface area contributed by atoms with E-state index in [1.807, 2.05) is 27.7 Å². The summed E-state index contributed by atoms with van der Waals surface area (Å²) in [5, 5.41) is 0. The molecule has 1 aliphatic carbocycles. The van der Waals surface area contributed by atoms with Crippen LogP contribution in [0.3, 0.4) is 0 Å². The second-order valence-corrected chi connectivity index (χ2v) is 11.3. The molecule has 1 atom stereocenters. The molecule has 0 aromatic carbocycles. The minimum Gasteiger partial charge on any atom is -0.466 e. The number of hydrogen-bond donors (Lipinski definition) is 0. The summed E-state index contributed by atoms with van der Waals surface area (Å²) in [7, 11) is 4.25. The van der Waals surface area contributed by atoms with Crippen LogP contribution in [0, 0.1) is 5.92 Å². The molecule has 34 heavy (non-hydrogen) atoms. The highest BCUT2D eigenvalue weighted by Gasteiger charge is 2.56. The highest BCUT2D eigenvalue weighted by Crippen LogP contribution is 2.37. The van der Waals surface area contributed by atoms with Crippen molar-refractivity contribution in [1.29, 1.82) is 0 Å². The van der Waals surface area contributed by atoms with E-state index < -0.39 is 11.4 Å². The molecule has 2 aliphatic heterocycles. The lowest BCUT2D eigenvalue weighted by Crippen LogP contribution is -2.70. The maximum atomic E-state index is 14.0. The number of esters is 2. The number of piperidine rings is 1. The van der Waals surface area contributed by atoms with Crippen molar-refractivity contribution in [1.82, 2.24) is 14.7 Å². The average Bonchev–Trinajstić information content (AvgIpc) is 3.32. The first-order valence-electron chi connectivity index (χ1n) is 13.3. The number of carbonyl (C=O) groups is 2. The van der Waals surface area contributed by atoms with Gasteiger partial charge in [-0.15, -0.1) is 0 Å². The molecule has 196 valence electrons. The van der Waals surface area contributed by atoms with E-state index in [-0.39, 0.29) is 24.0 Å². The minimum atomic E-state index is -1.21. The topological polar surface area (TPSA) is 71.5 Å². The molecule has 8 heteroatoms. The zero-order valence-electron chi connectivity index (χ0n) is 22.3. The lowest BCUT2D eigenvalue weighted by molar-refractivity contribution is -0.281. The predicted octanol–water partition coefficient (Wildman–Crippen LogP) is 3.24. The van der Waals surface area contributed by atoms with Crippen molar-refractivity contribution in [3.8, 4) is 0 Å². The van der Waals surface area contributed by atoms with Crippen LogP contribution in [0.1, 0.15) is 79.1 Å². The summed E-state index contributed by atoms with van der Waals surface area (Å²) in [4.78, 5) is 33.0. The third-order valence-corrected chi connectivity index (χ3v) is 7.45. The third kappa shape index (κ3) is 6.50. The van der Waals surface area contributed by atoms with E-state index in [9.17, 15) is 9.59 Å². The van der Waals surface area contributed by atoms with Gasteiger partial charge in [-0.3, -0.25) is 14.6 Å². The van der Waals surface area contributed by atoms with Crippen molar-refractivity contribution in [3.05, 3.63) is 0 Å². The molecular formula is C26H47N3O5. The van der Waals surface area contributed by atoms with Gasteiger partial charge in [0.1, 0.15) is 5.60 Å². The van der Waals surface area contributed by atoms with Gasteiger partial charge in [0.05, 0.1) is 18.6 Å². The summed E-state index contributed by atoms with van der Waals surface area (Å²) in [6.07, 6.45) is 6.95. The first-order valence-corrected chi connectivity index (χ1v) is 13.3. The summed E-state index contributed by atoms with van der Waals surface area (Å²) < 4.78 is 18.2. The fraction of sp³-hybridized carbons (Fsp3) is 0.923. The normalized spacial score (nSPS) is 27.5. The molecule has 1 saturated carbocycles. The molecule has 0 aromatic heterocycles. The fourth-order valence-corrected chi connectivity index (χ4v) is 5.61. The maximum absolute atomic E-state index is 14.0. The van der Waals surface area contributed by atoms with Gasteiger partial charge >= 0.3 is 11.9 Å². The molecule has 3 rings (SSSR count). The molecule has 0 spiro atoms. The summed E-state index contributed by atoms with van der Waals surface area (Å²) in [6, 6.07) is 0.506. The van der Waals surface area contributed by atoms with Crippen molar-refractivity contribution in [2.45, 2.75) is 103 Å². The second kappa shape index (κ2) is 11.7. The Morgan fingerprint density at radius 3 is 1.94 bits per heavy atom. The summed E-state index contributed by atoms with van der Waals surface area (Å²) in [5.41, 5.74) is -0.602. The Kier molecular flexibility index (Phi) is 9.40. The molecule has 1 unspecified atom stereocenters. The lowest BCUT2D eigenvalue weighted by Gasteiger charge is -2.51. The average molecular weight is 482 g/mol. The number of ether oxygens (including phenoxy) is 3. The molecule has 8 nitrogen and oxygen atoms in total. The lowest BCUT2D eigenvalue weighted by atomic mass is 9.87. The zero-order chi connectivity index (χ0) is 24.9. The minimum absolute atomic E-state index is 0.0710. The highest BCUT2D eigenvalue weighted by atomic mass is 16.6. The van der Waals surface area contributed by atoms with Crippen LogP contribution in [0.15, 0.2) is 0 Å².